The van der Waals surface area contributed by atoms with Crippen molar-refractivity contribution in [2.75, 3.05) is 37.5 Å². The van der Waals surface area contributed by atoms with Gasteiger partial charge in [0.15, 0.2) is 0 Å². The van der Waals surface area contributed by atoms with Crippen molar-refractivity contribution < 1.29 is 19.2 Å². The van der Waals surface area contributed by atoms with Crippen LogP contribution in [0.2, 0.25) is 0 Å². The molecule has 2 aromatic rings. The molecule has 0 aliphatic heterocycles. The van der Waals surface area contributed by atoms with Gasteiger partial charge < -0.3 is 20.1 Å². The summed E-state index contributed by atoms with van der Waals surface area (Å²) < 4.78 is 10.3. The van der Waals surface area contributed by atoms with E-state index in [4.69, 9.17) is 9.47 Å². The lowest BCUT2D eigenvalue weighted by Crippen LogP contribution is -2.17. The third kappa shape index (κ3) is 5.18. The Bertz CT molecular complexity index is 762. The average Bonchev–Trinajstić information content (AvgIpc) is 2.63. The van der Waals surface area contributed by atoms with Crippen LogP contribution in [0.25, 0.3) is 0 Å². The molecule has 0 saturated heterocycles. The van der Waals surface area contributed by atoms with Gasteiger partial charge in [-0.15, -0.1) is 0 Å². The van der Waals surface area contributed by atoms with Crippen molar-refractivity contribution in [3.05, 3.63) is 58.1 Å². The molecular weight excluding hydrogens is 338 g/mol. The molecule has 0 bridgehead atoms. The van der Waals surface area contributed by atoms with Crippen LogP contribution in [0.15, 0.2) is 42.5 Å². The normalized spacial score (nSPS) is 10.2. The van der Waals surface area contributed by atoms with E-state index in [1.54, 1.807) is 31.4 Å². The molecule has 0 aromatic heterocycles. The molecule has 1 amide bonds. The van der Waals surface area contributed by atoms with Gasteiger partial charge in [0.05, 0.1) is 23.7 Å². The summed E-state index contributed by atoms with van der Waals surface area (Å²) in [5.41, 5.74) is 1.09. The minimum Gasteiger partial charge on any atom is -0.494 e. The lowest BCUT2D eigenvalue weighted by Gasteiger charge is -2.12. The van der Waals surface area contributed by atoms with Gasteiger partial charge in [0.2, 0.25) is 0 Å². The summed E-state index contributed by atoms with van der Waals surface area (Å²) in [6.07, 6.45) is 0. The number of ether oxygens (including phenoxy) is 2. The Morgan fingerprint density at radius 1 is 1.19 bits per heavy atom. The minimum atomic E-state index is -0.535. The van der Waals surface area contributed by atoms with Crippen molar-refractivity contribution in [2.24, 2.45) is 0 Å². The number of hydrogen-bond donors (Lipinski definition) is 2. The monoisotopic (exact) mass is 359 g/mol. The molecule has 0 saturated carbocycles. The first-order valence-corrected chi connectivity index (χ1v) is 8.10. The first kappa shape index (κ1) is 19.2. The number of non-ortho nitro benzene ring substituents is 1. The lowest BCUT2D eigenvalue weighted by molar-refractivity contribution is -0.384. The molecule has 0 atom stereocenters. The molecule has 2 aromatic carbocycles. The van der Waals surface area contributed by atoms with Gasteiger partial charge in [-0.25, -0.2) is 0 Å². The molecule has 8 nitrogen and oxygen atoms in total. The van der Waals surface area contributed by atoms with Gasteiger partial charge in [-0.3, -0.25) is 14.9 Å². The fraction of sp³-hybridized carbons (Fsp3) is 0.278. The molecule has 0 aliphatic carbocycles. The van der Waals surface area contributed by atoms with E-state index in [1.165, 1.54) is 18.2 Å². The molecule has 8 heteroatoms. The van der Waals surface area contributed by atoms with Crippen LogP contribution in [0, 0.1) is 10.1 Å². The fourth-order valence-electron chi connectivity index (χ4n) is 2.28. The van der Waals surface area contributed by atoms with E-state index >= 15 is 0 Å². The van der Waals surface area contributed by atoms with Crippen LogP contribution in [-0.2, 0) is 4.74 Å². The van der Waals surface area contributed by atoms with Crippen LogP contribution >= 0.6 is 0 Å². The summed E-state index contributed by atoms with van der Waals surface area (Å²) in [6, 6.07) is 11.0. The number of nitrogens with one attached hydrogen (secondary N) is 2. The van der Waals surface area contributed by atoms with E-state index in [-0.39, 0.29) is 11.3 Å². The smallest absolute Gasteiger partial charge is 0.270 e. The van der Waals surface area contributed by atoms with Crippen LogP contribution in [0.1, 0.15) is 17.3 Å². The Morgan fingerprint density at radius 3 is 2.54 bits per heavy atom. The number of anilines is 2. The van der Waals surface area contributed by atoms with Gasteiger partial charge in [-0.1, -0.05) is 0 Å². The molecule has 138 valence electrons. The van der Waals surface area contributed by atoms with Crippen molar-refractivity contribution in [1.82, 2.24) is 0 Å². The van der Waals surface area contributed by atoms with Crippen LogP contribution in [-0.4, -0.2) is 37.7 Å². The zero-order valence-electron chi connectivity index (χ0n) is 14.7. The highest BCUT2D eigenvalue weighted by Gasteiger charge is 2.17. The topological polar surface area (TPSA) is 103 Å². The SMILES string of the molecule is CCOc1ccc(NC(=O)c2cc([N+](=O)[O-])ccc2NCCOC)cc1. The number of methoxy groups -OCH3 is 1. The van der Waals surface area contributed by atoms with Crippen LogP contribution in [0.5, 0.6) is 5.75 Å². The molecule has 0 spiro atoms. The zero-order valence-corrected chi connectivity index (χ0v) is 14.7. The minimum absolute atomic E-state index is 0.154. The summed E-state index contributed by atoms with van der Waals surface area (Å²) in [5, 5.41) is 16.8. The predicted octanol–water partition coefficient (Wildman–Crippen LogP) is 3.30. The fourth-order valence-corrected chi connectivity index (χ4v) is 2.28. The van der Waals surface area contributed by atoms with Crippen LogP contribution < -0.4 is 15.4 Å². The molecule has 0 unspecified atom stereocenters. The van der Waals surface area contributed by atoms with Crippen molar-refractivity contribution >= 4 is 23.0 Å². The maximum atomic E-state index is 12.6. The standard InChI is InChI=1S/C18H21N3O5/c1-3-26-15-7-4-13(5-8-15)20-18(22)16-12-14(21(23)24)6-9-17(16)19-10-11-25-2/h4-9,12,19H,3,10-11H2,1-2H3,(H,20,22). The second-order valence-corrected chi connectivity index (χ2v) is 5.32. The molecule has 2 rings (SSSR count). The Morgan fingerprint density at radius 2 is 1.92 bits per heavy atom. The summed E-state index contributed by atoms with van der Waals surface area (Å²) in [6.45, 7) is 3.35. The van der Waals surface area contributed by atoms with Crippen LogP contribution in [0.3, 0.4) is 0 Å². The summed E-state index contributed by atoms with van der Waals surface area (Å²) >= 11 is 0. The second kappa shape index (κ2) is 9.38. The Balaban J connectivity index is 2.21. The van der Waals surface area contributed by atoms with E-state index in [0.29, 0.717) is 36.9 Å². The Kier molecular flexibility index (Phi) is 6.92. The molecular formula is C18H21N3O5. The van der Waals surface area contributed by atoms with Crippen molar-refractivity contribution in [3.8, 4) is 5.75 Å². The van der Waals surface area contributed by atoms with Gasteiger partial charge in [0.25, 0.3) is 11.6 Å². The number of carbonyl (C=O) groups is 1. The number of carbonyl (C=O) groups excluding carboxylic acids is 1. The second-order valence-electron chi connectivity index (χ2n) is 5.32. The highest BCUT2D eigenvalue weighted by molar-refractivity contribution is 6.08. The molecule has 26 heavy (non-hydrogen) atoms. The van der Waals surface area contributed by atoms with E-state index in [9.17, 15) is 14.9 Å². The maximum absolute atomic E-state index is 12.6. The molecule has 0 radical (unpaired) electrons. The predicted molar refractivity (Wildman–Crippen MR) is 99.0 cm³/mol. The Labute approximate surface area is 151 Å². The van der Waals surface area contributed by atoms with Crippen molar-refractivity contribution in [3.63, 3.8) is 0 Å². The number of hydrogen-bond acceptors (Lipinski definition) is 6. The van der Waals surface area contributed by atoms with Gasteiger partial charge in [0, 0.05) is 37.2 Å². The highest BCUT2D eigenvalue weighted by Crippen LogP contribution is 2.24. The number of amides is 1. The molecule has 0 heterocycles. The van der Waals surface area contributed by atoms with Gasteiger partial charge in [0.1, 0.15) is 5.75 Å². The largest absolute Gasteiger partial charge is 0.494 e. The average molecular weight is 359 g/mol. The van der Waals surface area contributed by atoms with Crippen LogP contribution in [0.4, 0.5) is 17.1 Å². The third-order valence-corrected chi connectivity index (χ3v) is 3.50. The number of benzene rings is 2. The van der Waals surface area contributed by atoms with Gasteiger partial charge in [-0.05, 0) is 37.3 Å². The first-order chi connectivity index (χ1) is 12.5. The lowest BCUT2D eigenvalue weighted by atomic mass is 10.1. The van der Waals surface area contributed by atoms with E-state index < -0.39 is 10.8 Å². The van der Waals surface area contributed by atoms with Crippen molar-refractivity contribution in [2.45, 2.75) is 6.92 Å². The third-order valence-electron chi connectivity index (χ3n) is 3.50. The number of nitrogens with zero attached hydrogens (tertiary/aromatic N) is 1. The highest BCUT2D eigenvalue weighted by atomic mass is 16.6. The Hall–Kier alpha value is -3.13. The summed E-state index contributed by atoms with van der Waals surface area (Å²) in [4.78, 5) is 23.1. The van der Waals surface area contributed by atoms with E-state index in [1.807, 2.05) is 6.92 Å². The van der Waals surface area contributed by atoms with E-state index in [0.717, 1.165) is 0 Å². The van der Waals surface area contributed by atoms with Crippen molar-refractivity contribution in [1.29, 1.82) is 0 Å². The zero-order chi connectivity index (χ0) is 18.9. The summed E-state index contributed by atoms with van der Waals surface area (Å²) in [5.74, 6) is 0.251. The number of nitro benzene ring substituents is 1. The quantitative estimate of drug-likeness (QED) is 0.404. The van der Waals surface area contributed by atoms with Gasteiger partial charge >= 0.3 is 0 Å². The van der Waals surface area contributed by atoms with E-state index in [2.05, 4.69) is 10.6 Å². The maximum Gasteiger partial charge on any atom is 0.270 e. The molecule has 2 N–H and O–H groups in total. The summed E-state index contributed by atoms with van der Waals surface area (Å²) in [7, 11) is 1.57. The molecule has 0 aliphatic rings. The first-order valence-electron chi connectivity index (χ1n) is 8.10. The molecule has 0 fully saturated rings. The van der Waals surface area contributed by atoms with Gasteiger partial charge in [-0.2, -0.15) is 0 Å². The number of rotatable bonds is 9. The number of nitro groups is 1.